The lowest BCUT2D eigenvalue weighted by Gasteiger charge is -2.35. The first kappa shape index (κ1) is 19.3. The summed E-state index contributed by atoms with van der Waals surface area (Å²) >= 11 is 19.6. The van der Waals surface area contributed by atoms with Gasteiger partial charge in [0.15, 0.2) is 5.13 Å². The van der Waals surface area contributed by atoms with Gasteiger partial charge >= 0.3 is 5.97 Å². The fourth-order valence-corrected chi connectivity index (χ4v) is 4.28. The van der Waals surface area contributed by atoms with Crippen molar-refractivity contribution in [3.05, 3.63) is 32.5 Å². The number of thiazole rings is 1. The van der Waals surface area contributed by atoms with Crippen LogP contribution in [0.3, 0.4) is 0 Å². The summed E-state index contributed by atoms with van der Waals surface area (Å²) < 4.78 is 0. The average molecular weight is 438 g/mol. The summed E-state index contributed by atoms with van der Waals surface area (Å²) in [5.74, 6) is -1.37. The van der Waals surface area contributed by atoms with Crippen LogP contribution in [0.15, 0.2) is 6.20 Å². The molecule has 3 rings (SSSR count). The minimum absolute atomic E-state index is 0.176. The van der Waals surface area contributed by atoms with Gasteiger partial charge in [0.2, 0.25) is 0 Å². The lowest BCUT2D eigenvalue weighted by atomic mass is 10.0. The van der Waals surface area contributed by atoms with E-state index in [1.165, 1.54) is 6.20 Å². The molecule has 2 atom stereocenters. The molecule has 0 aromatic carbocycles. The number of anilines is 1. The summed E-state index contributed by atoms with van der Waals surface area (Å²) in [4.78, 5) is 32.5. The van der Waals surface area contributed by atoms with E-state index in [2.05, 4.69) is 15.3 Å². The molecule has 7 nitrogen and oxygen atoms in total. The molecule has 3 N–H and O–H groups in total. The van der Waals surface area contributed by atoms with Gasteiger partial charge in [0.05, 0.1) is 21.6 Å². The number of aromatic nitrogens is 2. The molecule has 0 bridgehead atoms. The largest absolute Gasteiger partial charge is 0.477 e. The van der Waals surface area contributed by atoms with E-state index in [4.69, 9.17) is 39.9 Å². The molecule has 1 saturated heterocycles. The molecule has 11 heteroatoms. The van der Waals surface area contributed by atoms with Crippen LogP contribution in [0.4, 0.5) is 5.13 Å². The number of carboxylic acid groups (broad SMARTS) is 1. The Balaban J connectivity index is 1.64. The Morgan fingerprint density at radius 3 is 2.69 bits per heavy atom. The van der Waals surface area contributed by atoms with Gasteiger partial charge in [0, 0.05) is 24.8 Å². The second kappa shape index (κ2) is 7.64. The zero-order valence-electron chi connectivity index (χ0n) is 13.6. The predicted octanol–water partition coefficient (Wildman–Crippen LogP) is 3.40. The normalized spacial score (nSPS) is 20.2. The second-order valence-electron chi connectivity index (χ2n) is 5.90. The Morgan fingerprint density at radius 1 is 1.42 bits per heavy atom. The Bertz CT molecular complexity index is 853. The maximum absolute atomic E-state index is 12.4. The molecule has 0 spiro atoms. The van der Waals surface area contributed by atoms with Crippen molar-refractivity contribution in [2.75, 3.05) is 18.0 Å². The van der Waals surface area contributed by atoms with Gasteiger partial charge in [-0.15, -0.1) is 11.6 Å². The monoisotopic (exact) mass is 436 g/mol. The third-order valence-electron chi connectivity index (χ3n) is 4.11. The van der Waals surface area contributed by atoms with E-state index in [-0.39, 0.29) is 32.9 Å². The van der Waals surface area contributed by atoms with Crippen molar-refractivity contribution in [2.24, 2.45) is 0 Å². The molecule has 2 aromatic rings. The van der Waals surface area contributed by atoms with Gasteiger partial charge in [-0.25, -0.2) is 9.78 Å². The number of aromatic amines is 1. The van der Waals surface area contributed by atoms with Crippen molar-refractivity contribution >= 4 is 63.1 Å². The van der Waals surface area contributed by atoms with Crippen LogP contribution in [0.1, 0.15) is 32.3 Å². The number of carbonyl (C=O) groups excluding carboxylic acids is 1. The Kier molecular flexibility index (Phi) is 5.67. The molecular weight excluding hydrogens is 423 g/mol. The summed E-state index contributed by atoms with van der Waals surface area (Å²) in [6.45, 7) is 2.77. The minimum atomic E-state index is -1.00. The molecular formula is C15H15Cl3N4O3S. The van der Waals surface area contributed by atoms with Gasteiger partial charge in [-0.3, -0.25) is 4.79 Å². The number of aromatic carboxylic acids is 1. The van der Waals surface area contributed by atoms with Crippen LogP contribution in [-0.4, -0.2) is 51.5 Å². The van der Waals surface area contributed by atoms with Gasteiger partial charge < -0.3 is 20.3 Å². The standard InChI is InChI=1S/C15H15Cl3N4O3S/c1-6-10(17)11(18)12(20-6)13(23)21-8-2-3-22(5-7(8)16)15-19-4-9(26-15)14(24)25/h4,7-8,20H,2-3,5H2,1H3,(H,21,23)(H,24,25)/t7-,8+/m0/s1. The topological polar surface area (TPSA) is 98.3 Å². The third-order valence-corrected chi connectivity index (χ3v) is 6.55. The zero-order valence-corrected chi connectivity index (χ0v) is 16.6. The number of halogens is 3. The van der Waals surface area contributed by atoms with E-state index in [0.717, 1.165) is 11.3 Å². The fourth-order valence-electron chi connectivity index (χ4n) is 2.72. The van der Waals surface area contributed by atoms with Gasteiger partial charge in [0.25, 0.3) is 5.91 Å². The van der Waals surface area contributed by atoms with Crippen LogP contribution in [0.2, 0.25) is 10.0 Å². The van der Waals surface area contributed by atoms with Gasteiger partial charge in [-0.05, 0) is 13.3 Å². The van der Waals surface area contributed by atoms with Crippen molar-refractivity contribution in [3.63, 3.8) is 0 Å². The van der Waals surface area contributed by atoms with Gasteiger partial charge in [-0.1, -0.05) is 34.5 Å². The van der Waals surface area contributed by atoms with Crippen LogP contribution >= 0.6 is 46.1 Å². The highest BCUT2D eigenvalue weighted by molar-refractivity contribution is 7.17. The molecule has 0 aliphatic carbocycles. The van der Waals surface area contributed by atoms with Crippen LogP contribution < -0.4 is 10.2 Å². The van der Waals surface area contributed by atoms with Gasteiger partial charge in [-0.2, -0.15) is 0 Å². The molecule has 140 valence electrons. The number of piperidine rings is 1. The first-order valence-electron chi connectivity index (χ1n) is 7.70. The number of rotatable bonds is 4. The number of aryl methyl sites for hydroxylation is 1. The summed E-state index contributed by atoms with van der Waals surface area (Å²) in [5, 5.41) is 12.6. The average Bonchev–Trinajstić information content (AvgIpc) is 3.18. The van der Waals surface area contributed by atoms with E-state index >= 15 is 0 Å². The number of hydrogen-bond donors (Lipinski definition) is 3. The number of nitrogens with one attached hydrogen (secondary N) is 2. The van der Waals surface area contributed by atoms with Crippen molar-refractivity contribution in [1.29, 1.82) is 0 Å². The summed E-state index contributed by atoms with van der Waals surface area (Å²) in [5.41, 5.74) is 0.837. The van der Waals surface area contributed by atoms with E-state index in [1.807, 2.05) is 4.90 Å². The van der Waals surface area contributed by atoms with Crippen molar-refractivity contribution in [3.8, 4) is 0 Å². The molecule has 3 heterocycles. The number of alkyl halides is 1. The summed E-state index contributed by atoms with van der Waals surface area (Å²) in [6, 6.07) is -0.252. The molecule has 1 fully saturated rings. The SMILES string of the molecule is Cc1[nH]c(C(=O)N[C@@H]2CCN(c3ncc(C(=O)O)s3)C[C@@H]2Cl)c(Cl)c1Cl. The molecule has 0 radical (unpaired) electrons. The molecule has 0 unspecified atom stereocenters. The first-order valence-corrected chi connectivity index (χ1v) is 9.71. The summed E-state index contributed by atoms with van der Waals surface area (Å²) in [6.07, 6.45) is 1.92. The Hall–Kier alpha value is -1.48. The number of nitrogens with zero attached hydrogens (tertiary/aromatic N) is 2. The maximum Gasteiger partial charge on any atom is 0.347 e. The highest BCUT2D eigenvalue weighted by Gasteiger charge is 2.31. The molecule has 1 aliphatic heterocycles. The molecule has 0 saturated carbocycles. The molecule has 1 amide bonds. The van der Waals surface area contributed by atoms with Crippen LogP contribution in [-0.2, 0) is 0 Å². The predicted molar refractivity (Wildman–Crippen MR) is 102 cm³/mol. The molecule has 26 heavy (non-hydrogen) atoms. The van der Waals surface area contributed by atoms with Crippen LogP contribution in [0, 0.1) is 6.92 Å². The number of amides is 1. The van der Waals surface area contributed by atoms with E-state index < -0.39 is 5.97 Å². The van der Waals surface area contributed by atoms with Crippen LogP contribution in [0.5, 0.6) is 0 Å². The van der Waals surface area contributed by atoms with Crippen molar-refractivity contribution in [1.82, 2.24) is 15.3 Å². The highest BCUT2D eigenvalue weighted by atomic mass is 35.5. The molecule has 2 aromatic heterocycles. The minimum Gasteiger partial charge on any atom is -0.477 e. The Labute approximate surface area is 168 Å². The van der Waals surface area contributed by atoms with E-state index in [0.29, 0.717) is 35.4 Å². The lowest BCUT2D eigenvalue weighted by molar-refractivity contribution is 0.0701. The van der Waals surface area contributed by atoms with E-state index in [1.54, 1.807) is 6.92 Å². The quantitative estimate of drug-likeness (QED) is 0.637. The summed E-state index contributed by atoms with van der Waals surface area (Å²) in [7, 11) is 0. The lowest BCUT2D eigenvalue weighted by Crippen LogP contribution is -2.52. The maximum atomic E-state index is 12.4. The number of H-pyrrole nitrogens is 1. The zero-order chi connectivity index (χ0) is 19.0. The van der Waals surface area contributed by atoms with Crippen LogP contribution in [0.25, 0.3) is 0 Å². The third kappa shape index (κ3) is 3.78. The van der Waals surface area contributed by atoms with Gasteiger partial charge in [0.1, 0.15) is 10.6 Å². The second-order valence-corrected chi connectivity index (χ2v) is 8.22. The number of carbonyl (C=O) groups is 2. The first-order chi connectivity index (χ1) is 12.3. The van der Waals surface area contributed by atoms with E-state index in [9.17, 15) is 9.59 Å². The Morgan fingerprint density at radius 2 is 2.15 bits per heavy atom. The highest BCUT2D eigenvalue weighted by Crippen LogP contribution is 2.30. The molecule has 1 aliphatic rings. The number of carboxylic acids is 1. The van der Waals surface area contributed by atoms with Crippen molar-refractivity contribution in [2.45, 2.75) is 24.8 Å². The smallest absolute Gasteiger partial charge is 0.347 e. The van der Waals surface area contributed by atoms with Crippen molar-refractivity contribution < 1.29 is 14.7 Å². The number of hydrogen-bond acceptors (Lipinski definition) is 5. The fraction of sp³-hybridized carbons (Fsp3) is 0.400.